The van der Waals surface area contributed by atoms with Crippen LogP contribution in [0.1, 0.15) is 107 Å². The number of aromatic nitrogens is 2. The summed E-state index contributed by atoms with van der Waals surface area (Å²) in [5.41, 5.74) is 1.99. The summed E-state index contributed by atoms with van der Waals surface area (Å²) in [5.74, 6) is 0.296. The summed E-state index contributed by atoms with van der Waals surface area (Å²) in [6.45, 7) is 9.12. The lowest BCUT2D eigenvalue weighted by Crippen LogP contribution is -2.31. The van der Waals surface area contributed by atoms with Crippen LogP contribution in [0.25, 0.3) is 11.1 Å². The van der Waals surface area contributed by atoms with Crippen molar-refractivity contribution in [1.82, 2.24) is 19.6 Å². The van der Waals surface area contributed by atoms with Crippen molar-refractivity contribution in [1.29, 1.82) is 0 Å². The molecule has 0 unspecified atom stereocenters. The van der Waals surface area contributed by atoms with Gasteiger partial charge in [-0.3, -0.25) is 9.59 Å². The highest BCUT2D eigenvalue weighted by Gasteiger charge is 2.25. The lowest BCUT2D eigenvalue weighted by Gasteiger charge is -2.15. The maximum atomic E-state index is 15.8. The maximum Gasteiger partial charge on any atom is 0.421 e. The lowest BCUT2D eigenvalue weighted by molar-refractivity contribution is -0.119. The molecule has 10 nitrogen and oxygen atoms in total. The number of aryl methyl sites for hydroxylation is 2. The van der Waals surface area contributed by atoms with Gasteiger partial charge in [0.2, 0.25) is 0 Å². The van der Waals surface area contributed by atoms with Gasteiger partial charge in [-0.1, -0.05) is 64.4 Å². The second-order valence-corrected chi connectivity index (χ2v) is 13.4. The van der Waals surface area contributed by atoms with Crippen molar-refractivity contribution in [2.45, 2.75) is 103 Å². The number of Topliss-reactive ketones (excluding diaryl/α,β-unsaturated/α-hetero) is 2. The highest BCUT2D eigenvalue weighted by molar-refractivity contribution is 7.90. The minimum absolute atomic E-state index is 0.0770. The Kier molecular flexibility index (Phi) is 15.4. The molecule has 0 saturated carbocycles. The van der Waals surface area contributed by atoms with Crippen LogP contribution < -0.4 is 10.0 Å². The maximum absolute atomic E-state index is 15.8. The van der Waals surface area contributed by atoms with E-state index in [4.69, 9.17) is 9.72 Å². The molecule has 0 atom stereocenters. The van der Waals surface area contributed by atoms with Gasteiger partial charge < -0.3 is 14.6 Å². The Bertz CT molecular complexity index is 1650. The Morgan fingerprint density at radius 1 is 0.917 bits per heavy atom. The van der Waals surface area contributed by atoms with Crippen LogP contribution in [-0.4, -0.2) is 55.3 Å². The fourth-order valence-corrected chi connectivity index (χ4v) is 6.53. The first kappa shape index (κ1) is 38.5. The summed E-state index contributed by atoms with van der Waals surface area (Å²) < 4.78 is 50.7. The molecule has 1 aromatic heterocycles. The van der Waals surface area contributed by atoms with Crippen molar-refractivity contribution >= 4 is 27.7 Å². The zero-order valence-corrected chi connectivity index (χ0v) is 29.4. The Morgan fingerprint density at radius 3 is 2.38 bits per heavy atom. The van der Waals surface area contributed by atoms with Gasteiger partial charge in [-0.25, -0.2) is 27.3 Å². The number of rotatable bonds is 21. The largest absolute Gasteiger partial charge is 0.449 e. The normalized spacial score (nSPS) is 11.4. The molecule has 0 bridgehead atoms. The highest BCUT2D eigenvalue weighted by Crippen LogP contribution is 2.29. The van der Waals surface area contributed by atoms with E-state index in [1.165, 1.54) is 18.2 Å². The minimum Gasteiger partial charge on any atom is -0.449 e. The number of carbonyl (C=O) groups excluding carboxylic acids is 3. The Balaban J connectivity index is 1.82. The standard InChI is InChI=1S/C36H49FN4O6S/c1-5-9-23-47-36(44)40-48(45,46)33-17-11-10-16-29(33)26-18-19-27(30(37)24-26)25-41-34(14-7-3)39-31(8-4)35(41)32(43)20-22-38-21-12-15-28(42)13-6-2/h10-11,16-19,24,38H,5-9,12-15,20-23,25H2,1-4H3,(H,40,44). The van der Waals surface area contributed by atoms with E-state index < -0.39 is 21.9 Å². The molecule has 262 valence electrons. The number of ketones is 2. The van der Waals surface area contributed by atoms with Crippen molar-refractivity contribution in [3.8, 4) is 11.1 Å². The van der Waals surface area contributed by atoms with Crippen LogP contribution in [-0.2, 0) is 38.9 Å². The molecule has 2 N–H and O–H groups in total. The Labute approximate surface area is 283 Å². The Morgan fingerprint density at radius 2 is 1.69 bits per heavy atom. The van der Waals surface area contributed by atoms with E-state index in [0.29, 0.717) is 73.5 Å². The molecule has 12 heteroatoms. The smallest absolute Gasteiger partial charge is 0.421 e. The van der Waals surface area contributed by atoms with Gasteiger partial charge in [-0.05, 0) is 56.3 Å². The van der Waals surface area contributed by atoms with E-state index in [1.807, 2.05) is 32.4 Å². The minimum atomic E-state index is -4.31. The van der Waals surface area contributed by atoms with Gasteiger partial charge in [0.05, 0.1) is 23.7 Å². The molecule has 0 radical (unpaired) electrons. The average Bonchev–Trinajstić information content (AvgIpc) is 3.40. The van der Waals surface area contributed by atoms with Crippen LogP contribution in [0, 0.1) is 5.82 Å². The quantitative estimate of drug-likeness (QED) is 0.0926. The molecule has 0 aliphatic rings. The fraction of sp³-hybridized carbons (Fsp3) is 0.500. The molecular weight excluding hydrogens is 635 g/mol. The number of halogens is 1. The van der Waals surface area contributed by atoms with E-state index in [1.54, 1.807) is 28.8 Å². The van der Waals surface area contributed by atoms with Crippen molar-refractivity contribution in [3.05, 3.63) is 71.1 Å². The first-order valence-electron chi connectivity index (χ1n) is 17.0. The zero-order valence-electron chi connectivity index (χ0n) is 28.6. The fourth-order valence-electron chi connectivity index (χ4n) is 5.41. The molecule has 1 heterocycles. The molecule has 0 aliphatic carbocycles. The van der Waals surface area contributed by atoms with Crippen LogP contribution in [0.5, 0.6) is 0 Å². The topological polar surface area (TPSA) is 136 Å². The number of hydrogen-bond donors (Lipinski definition) is 2. The van der Waals surface area contributed by atoms with Crippen molar-refractivity contribution in [2.24, 2.45) is 0 Å². The van der Waals surface area contributed by atoms with Crippen LogP contribution in [0.3, 0.4) is 0 Å². The average molecular weight is 685 g/mol. The van der Waals surface area contributed by atoms with E-state index in [2.05, 4.69) is 5.32 Å². The number of hydrogen-bond acceptors (Lipinski definition) is 8. The van der Waals surface area contributed by atoms with E-state index in [9.17, 15) is 22.8 Å². The van der Waals surface area contributed by atoms with Crippen LogP contribution in [0.15, 0.2) is 47.4 Å². The van der Waals surface area contributed by atoms with Crippen LogP contribution in [0.2, 0.25) is 0 Å². The van der Waals surface area contributed by atoms with Crippen LogP contribution >= 0.6 is 0 Å². The number of nitrogens with zero attached hydrogens (tertiary/aromatic N) is 2. The second-order valence-electron chi connectivity index (χ2n) is 11.7. The SMILES string of the molecule is CCCCOC(=O)NS(=O)(=O)c1ccccc1-c1ccc(Cn2c(CCC)nc(CC)c2C(=O)CCNCCCC(=O)CCC)c(F)c1. The van der Waals surface area contributed by atoms with Gasteiger partial charge >= 0.3 is 6.09 Å². The molecule has 0 saturated heterocycles. The molecule has 2 aromatic carbocycles. The van der Waals surface area contributed by atoms with Gasteiger partial charge in [0, 0.05) is 43.4 Å². The van der Waals surface area contributed by atoms with Crippen molar-refractivity contribution in [2.75, 3.05) is 19.7 Å². The third-order valence-electron chi connectivity index (χ3n) is 7.88. The predicted octanol–water partition coefficient (Wildman–Crippen LogP) is 6.78. The number of ether oxygens (including phenoxy) is 1. The number of nitrogens with one attached hydrogen (secondary N) is 2. The first-order chi connectivity index (χ1) is 23.1. The number of sulfonamides is 1. The van der Waals surface area contributed by atoms with E-state index in [-0.39, 0.29) is 41.6 Å². The number of carbonyl (C=O) groups is 3. The van der Waals surface area contributed by atoms with Gasteiger partial charge in [-0.15, -0.1) is 0 Å². The third-order valence-corrected chi connectivity index (χ3v) is 9.25. The molecule has 48 heavy (non-hydrogen) atoms. The summed E-state index contributed by atoms with van der Waals surface area (Å²) in [7, 11) is -4.31. The predicted molar refractivity (Wildman–Crippen MR) is 184 cm³/mol. The second kappa shape index (κ2) is 19.2. The number of amides is 1. The van der Waals surface area contributed by atoms with E-state index in [0.717, 1.165) is 25.7 Å². The monoisotopic (exact) mass is 684 g/mol. The number of unbranched alkanes of at least 4 members (excludes halogenated alkanes) is 1. The number of benzene rings is 2. The van der Waals surface area contributed by atoms with Crippen molar-refractivity contribution < 1.29 is 31.9 Å². The third kappa shape index (κ3) is 10.8. The number of imidazole rings is 1. The van der Waals surface area contributed by atoms with Gasteiger partial charge in [0.15, 0.2) is 5.78 Å². The summed E-state index contributed by atoms with van der Waals surface area (Å²) in [6, 6.07) is 10.5. The van der Waals surface area contributed by atoms with Gasteiger partial charge in [-0.2, -0.15) is 0 Å². The summed E-state index contributed by atoms with van der Waals surface area (Å²) in [4.78, 5) is 42.0. The Hall–Kier alpha value is -3.90. The summed E-state index contributed by atoms with van der Waals surface area (Å²) >= 11 is 0. The first-order valence-corrected chi connectivity index (χ1v) is 18.5. The highest BCUT2D eigenvalue weighted by atomic mass is 32.2. The molecule has 0 spiro atoms. The molecule has 0 aliphatic heterocycles. The van der Waals surface area contributed by atoms with Crippen LogP contribution in [0.4, 0.5) is 9.18 Å². The molecule has 0 fully saturated rings. The summed E-state index contributed by atoms with van der Waals surface area (Å²) in [5, 5.41) is 3.25. The van der Waals surface area contributed by atoms with Gasteiger partial charge in [0.25, 0.3) is 10.0 Å². The van der Waals surface area contributed by atoms with Gasteiger partial charge in [0.1, 0.15) is 23.1 Å². The summed E-state index contributed by atoms with van der Waals surface area (Å²) in [6.07, 6.45) is 5.18. The zero-order chi connectivity index (χ0) is 35.1. The molecule has 3 aromatic rings. The molecule has 3 rings (SSSR count). The molecule has 1 amide bonds. The van der Waals surface area contributed by atoms with E-state index >= 15 is 4.39 Å². The molecular formula is C36H49FN4O6S. The lowest BCUT2D eigenvalue weighted by atomic mass is 10.0. The van der Waals surface area contributed by atoms with Crippen molar-refractivity contribution in [3.63, 3.8) is 0 Å².